The van der Waals surface area contributed by atoms with Crippen LogP contribution in [0.3, 0.4) is 0 Å². The van der Waals surface area contributed by atoms with E-state index < -0.39 is 11.7 Å². The number of ketones is 1. The lowest BCUT2D eigenvalue weighted by Gasteiger charge is -2.39. The number of halogens is 2. The molecule has 1 saturated heterocycles. The third kappa shape index (κ3) is 3.37. The average Bonchev–Trinajstić information content (AvgIpc) is 3.08. The minimum atomic E-state index is -0.654. The molecule has 9 heteroatoms. The molecule has 30 heavy (non-hydrogen) atoms. The molecule has 0 atom stereocenters. The van der Waals surface area contributed by atoms with Crippen LogP contribution in [0.15, 0.2) is 34.9 Å². The molecule has 2 aromatic carbocycles. The van der Waals surface area contributed by atoms with E-state index in [0.29, 0.717) is 52.9 Å². The van der Waals surface area contributed by atoms with E-state index in [2.05, 4.69) is 5.16 Å². The largest absolute Gasteiger partial charge is 0.485 e. The summed E-state index contributed by atoms with van der Waals surface area (Å²) >= 11 is 6.00. The van der Waals surface area contributed by atoms with Gasteiger partial charge in [-0.05, 0) is 29.4 Å². The van der Waals surface area contributed by atoms with E-state index in [1.165, 1.54) is 12.1 Å². The number of rotatable bonds is 4. The van der Waals surface area contributed by atoms with E-state index in [-0.39, 0.29) is 30.3 Å². The van der Waals surface area contributed by atoms with Crippen molar-refractivity contribution in [2.45, 2.75) is 6.42 Å². The first kappa shape index (κ1) is 18.9. The third-order valence-corrected chi connectivity index (χ3v) is 5.49. The van der Waals surface area contributed by atoms with Crippen LogP contribution in [-0.2, 0) is 11.2 Å². The van der Waals surface area contributed by atoms with Crippen LogP contribution in [-0.4, -0.2) is 48.1 Å². The van der Waals surface area contributed by atoms with Crippen LogP contribution < -0.4 is 9.47 Å². The molecule has 0 saturated carbocycles. The second-order valence-corrected chi connectivity index (χ2v) is 7.90. The van der Waals surface area contributed by atoms with Crippen molar-refractivity contribution in [1.82, 2.24) is 10.1 Å². The monoisotopic (exact) mass is 430 g/mol. The molecule has 5 rings (SSSR count). The second kappa shape index (κ2) is 7.28. The van der Waals surface area contributed by atoms with Gasteiger partial charge in [0.15, 0.2) is 11.4 Å². The van der Waals surface area contributed by atoms with Crippen LogP contribution in [0.5, 0.6) is 11.6 Å². The summed E-state index contributed by atoms with van der Waals surface area (Å²) in [7, 11) is 0. The Kier molecular flexibility index (Phi) is 4.58. The molecular formula is C21H16ClFN2O5. The molecule has 2 aliphatic heterocycles. The molecule has 0 bridgehead atoms. The number of amides is 1. The Labute approximate surface area is 175 Å². The van der Waals surface area contributed by atoms with E-state index >= 15 is 0 Å². The van der Waals surface area contributed by atoms with Gasteiger partial charge in [-0.25, -0.2) is 4.39 Å². The van der Waals surface area contributed by atoms with Crippen molar-refractivity contribution in [2.24, 2.45) is 5.92 Å². The van der Waals surface area contributed by atoms with Crippen LogP contribution in [0.4, 0.5) is 4.39 Å². The minimum absolute atomic E-state index is 0.0523. The Hall–Kier alpha value is -3.13. The summed E-state index contributed by atoms with van der Waals surface area (Å²) in [6, 6.07) is 7.73. The summed E-state index contributed by atoms with van der Waals surface area (Å²) in [6.07, 6.45) is 0.141. The van der Waals surface area contributed by atoms with E-state index in [9.17, 15) is 14.0 Å². The number of ether oxygens (including phenoxy) is 2. The number of likely N-dealkylation sites (tertiary alicyclic amines) is 1. The Morgan fingerprint density at radius 1 is 1.30 bits per heavy atom. The molecule has 3 heterocycles. The first-order valence-electron chi connectivity index (χ1n) is 9.42. The maximum absolute atomic E-state index is 14.4. The van der Waals surface area contributed by atoms with Crippen molar-refractivity contribution < 1.29 is 28.0 Å². The zero-order chi connectivity index (χ0) is 20.8. The zero-order valence-electron chi connectivity index (χ0n) is 15.7. The molecule has 1 aromatic heterocycles. The van der Waals surface area contributed by atoms with Crippen LogP contribution in [0.25, 0.3) is 11.0 Å². The first-order valence-corrected chi connectivity index (χ1v) is 9.79. The van der Waals surface area contributed by atoms with Gasteiger partial charge in [-0.3, -0.25) is 9.59 Å². The second-order valence-electron chi connectivity index (χ2n) is 7.46. The highest BCUT2D eigenvalue weighted by Gasteiger charge is 2.34. The van der Waals surface area contributed by atoms with Gasteiger partial charge in [0.2, 0.25) is 0 Å². The quantitative estimate of drug-likeness (QED) is 0.632. The fourth-order valence-electron chi connectivity index (χ4n) is 3.66. The number of Topliss-reactive ketones (excluding diaryl/α,β-unsaturated/α-hetero) is 1. The van der Waals surface area contributed by atoms with Gasteiger partial charge in [0.1, 0.15) is 18.2 Å². The van der Waals surface area contributed by atoms with Gasteiger partial charge in [-0.1, -0.05) is 11.6 Å². The Morgan fingerprint density at radius 3 is 2.97 bits per heavy atom. The first-order chi connectivity index (χ1) is 14.5. The number of carbonyl (C=O) groups is 2. The lowest BCUT2D eigenvalue weighted by Crippen LogP contribution is -2.52. The number of aromatic nitrogens is 1. The number of benzene rings is 2. The number of hydrogen-bond donors (Lipinski definition) is 0. The molecule has 2 aliphatic rings. The van der Waals surface area contributed by atoms with Gasteiger partial charge >= 0.3 is 0 Å². The standard InChI is InChI=1S/C21H16ClFN2O5/c22-13-1-2-18-16(5-13)20(24-30-18)29-9-11-7-25(8-11)21(27)15-4-12-3-14(26)10-28-19(12)6-17(15)23/h1-2,4-6,11H,3,7-10H2. The lowest BCUT2D eigenvalue weighted by molar-refractivity contribution is -0.121. The third-order valence-electron chi connectivity index (χ3n) is 5.26. The summed E-state index contributed by atoms with van der Waals surface area (Å²) in [5, 5.41) is 5.14. The topological polar surface area (TPSA) is 81.9 Å². The number of fused-ring (bicyclic) bond motifs is 2. The highest BCUT2D eigenvalue weighted by Crippen LogP contribution is 2.30. The summed E-state index contributed by atoms with van der Waals surface area (Å²) in [6.45, 7) is 1.14. The lowest BCUT2D eigenvalue weighted by atomic mass is 9.97. The normalized spacial score (nSPS) is 16.2. The molecule has 3 aromatic rings. The summed E-state index contributed by atoms with van der Waals surface area (Å²) in [4.78, 5) is 25.8. The smallest absolute Gasteiger partial charge is 0.262 e. The number of nitrogens with zero attached hydrogens (tertiary/aromatic N) is 2. The van der Waals surface area contributed by atoms with Gasteiger partial charge in [-0.15, -0.1) is 0 Å². The fraction of sp³-hybridized carbons (Fsp3) is 0.286. The molecular weight excluding hydrogens is 415 g/mol. The van der Waals surface area contributed by atoms with Crippen molar-refractivity contribution >= 4 is 34.3 Å². The van der Waals surface area contributed by atoms with Crippen molar-refractivity contribution in [3.63, 3.8) is 0 Å². The molecule has 0 aliphatic carbocycles. The van der Waals surface area contributed by atoms with Crippen LogP contribution >= 0.6 is 11.6 Å². The molecule has 7 nitrogen and oxygen atoms in total. The molecule has 1 amide bonds. The molecule has 0 unspecified atom stereocenters. The van der Waals surface area contributed by atoms with Gasteiger partial charge in [0, 0.05) is 42.1 Å². The van der Waals surface area contributed by atoms with Crippen molar-refractivity contribution in [3.8, 4) is 11.6 Å². The Balaban J connectivity index is 1.21. The Morgan fingerprint density at radius 2 is 2.13 bits per heavy atom. The highest BCUT2D eigenvalue weighted by molar-refractivity contribution is 6.31. The zero-order valence-corrected chi connectivity index (χ0v) is 16.4. The van der Waals surface area contributed by atoms with Crippen LogP contribution in [0.1, 0.15) is 15.9 Å². The van der Waals surface area contributed by atoms with E-state index in [1.807, 2.05) is 0 Å². The van der Waals surface area contributed by atoms with Gasteiger partial charge in [0.25, 0.3) is 11.8 Å². The minimum Gasteiger partial charge on any atom is -0.485 e. The maximum atomic E-state index is 14.4. The summed E-state index contributed by atoms with van der Waals surface area (Å²) in [5.74, 6) is -0.413. The predicted octanol–water partition coefficient (Wildman–Crippen LogP) is 3.28. The van der Waals surface area contributed by atoms with Gasteiger partial charge in [0.05, 0.1) is 17.6 Å². The predicted molar refractivity (Wildman–Crippen MR) is 105 cm³/mol. The summed E-state index contributed by atoms with van der Waals surface area (Å²) in [5.41, 5.74) is 1.06. The highest BCUT2D eigenvalue weighted by atomic mass is 35.5. The van der Waals surface area contributed by atoms with Crippen molar-refractivity contribution in [2.75, 3.05) is 26.3 Å². The van der Waals surface area contributed by atoms with Crippen LogP contribution in [0.2, 0.25) is 5.02 Å². The Bertz CT molecular complexity index is 1170. The molecule has 1 fully saturated rings. The molecule has 0 N–H and O–H groups in total. The SMILES string of the molecule is O=C1COc2cc(F)c(C(=O)N3CC(COc4noc5ccc(Cl)cc45)C3)cc2C1. The van der Waals surface area contributed by atoms with E-state index in [1.54, 1.807) is 23.1 Å². The van der Waals surface area contributed by atoms with Crippen molar-refractivity contribution in [3.05, 3.63) is 52.3 Å². The van der Waals surface area contributed by atoms with Crippen molar-refractivity contribution in [1.29, 1.82) is 0 Å². The average molecular weight is 431 g/mol. The fourth-order valence-corrected chi connectivity index (χ4v) is 3.83. The molecule has 0 radical (unpaired) electrons. The van der Waals surface area contributed by atoms with E-state index in [0.717, 1.165) is 0 Å². The number of hydrogen-bond acceptors (Lipinski definition) is 6. The number of carbonyl (C=O) groups excluding carboxylic acids is 2. The van der Waals surface area contributed by atoms with E-state index in [4.69, 9.17) is 25.6 Å². The van der Waals surface area contributed by atoms with Gasteiger partial charge < -0.3 is 18.9 Å². The molecule has 0 spiro atoms. The molecule has 154 valence electrons. The maximum Gasteiger partial charge on any atom is 0.262 e. The van der Waals surface area contributed by atoms with Gasteiger partial charge in [-0.2, -0.15) is 0 Å². The van der Waals surface area contributed by atoms with Crippen LogP contribution in [0, 0.1) is 11.7 Å². The summed E-state index contributed by atoms with van der Waals surface area (Å²) < 4.78 is 30.5.